The Morgan fingerprint density at radius 3 is 2.50 bits per heavy atom. The van der Waals surface area contributed by atoms with Gasteiger partial charge in [0.15, 0.2) is 5.13 Å². The van der Waals surface area contributed by atoms with Gasteiger partial charge in [0.2, 0.25) is 5.91 Å². The summed E-state index contributed by atoms with van der Waals surface area (Å²) in [6.07, 6.45) is 4.93. The molecule has 2 bridgehead atoms. The fourth-order valence-electron chi connectivity index (χ4n) is 5.39. The summed E-state index contributed by atoms with van der Waals surface area (Å²) in [6.45, 7) is 6.32. The first-order chi connectivity index (χ1) is 12.4. The fraction of sp³-hybridized carbons (Fsp3) is 0.650. The van der Waals surface area contributed by atoms with E-state index in [4.69, 9.17) is 0 Å². The number of anilines is 1. The Kier molecular flexibility index (Phi) is 4.41. The van der Waals surface area contributed by atoms with Gasteiger partial charge < -0.3 is 10.4 Å². The molecule has 26 heavy (non-hydrogen) atoms. The molecule has 1 aromatic rings. The Labute approximate surface area is 157 Å². The lowest BCUT2D eigenvalue weighted by molar-refractivity contribution is -0.148. The summed E-state index contributed by atoms with van der Waals surface area (Å²) < 4.78 is 0. The number of nitrogens with zero attached hydrogens (tertiary/aromatic N) is 1. The molecule has 5 unspecified atom stereocenters. The van der Waals surface area contributed by atoms with Crippen LogP contribution in [0.2, 0.25) is 0 Å². The Bertz CT molecular complexity index is 793. The average molecular weight is 375 g/mol. The summed E-state index contributed by atoms with van der Waals surface area (Å²) in [5.74, 6) is -1.34. The third kappa shape index (κ3) is 2.79. The van der Waals surface area contributed by atoms with E-state index in [9.17, 15) is 14.7 Å². The average Bonchev–Trinajstić information content (AvgIpc) is 3.23. The maximum atomic E-state index is 13.0. The molecule has 4 rings (SSSR count). The molecule has 2 saturated carbocycles. The number of hydrogen-bond acceptors (Lipinski definition) is 4. The van der Waals surface area contributed by atoms with Crippen LogP contribution < -0.4 is 5.32 Å². The topological polar surface area (TPSA) is 79.3 Å². The van der Waals surface area contributed by atoms with Crippen LogP contribution in [0.25, 0.3) is 0 Å². The molecule has 1 heterocycles. The molecule has 2 fully saturated rings. The molecular formula is C20H26N2O3S. The first kappa shape index (κ1) is 17.7. The molecule has 2 N–H and O–H groups in total. The largest absolute Gasteiger partial charge is 0.481 e. The summed E-state index contributed by atoms with van der Waals surface area (Å²) in [5.41, 5.74) is 3.50. The van der Waals surface area contributed by atoms with Crippen molar-refractivity contribution in [3.05, 3.63) is 21.7 Å². The zero-order valence-corrected chi connectivity index (χ0v) is 16.4. The first-order valence-electron chi connectivity index (χ1n) is 9.56. The summed E-state index contributed by atoms with van der Waals surface area (Å²) >= 11 is 1.56. The first-order valence-corrected chi connectivity index (χ1v) is 10.4. The number of carbonyl (C=O) groups excluding carboxylic acids is 1. The van der Waals surface area contributed by atoms with Crippen LogP contribution in [-0.4, -0.2) is 22.0 Å². The van der Waals surface area contributed by atoms with Crippen LogP contribution in [0.4, 0.5) is 5.13 Å². The second kappa shape index (κ2) is 6.48. The molecule has 0 aromatic carbocycles. The fourth-order valence-corrected chi connectivity index (χ4v) is 6.56. The highest BCUT2D eigenvalue weighted by atomic mass is 32.1. The summed E-state index contributed by atoms with van der Waals surface area (Å²) in [4.78, 5) is 30.8. The van der Waals surface area contributed by atoms with Crippen LogP contribution in [0.1, 0.15) is 50.6 Å². The summed E-state index contributed by atoms with van der Waals surface area (Å²) in [6, 6.07) is 0. The van der Waals surface area contributed by atoms with Crippen molar-refractivity contribution in [2.45, 2.75) is 52.9 Å². The van der Waals surface area contributed by atoms with Crippen LogP contribution in [0.5, 0.6) is 0 Å². The zero-order valence-electron chi connectivity index (χ0n) is 15.5. The second-order valence-corrected chi connectivity index (χ2v) is 9.45. The molecule has 3 aliphatic carbocycles. The van der Waals surface area contributed by atoms with Gasteiger partial charge in [-0.3, -0.25) is 9.59 Å². The highest BCUT2D eigenvalue weighted by Crippen LogP contribution is 2.57. The van der Waals surface area contributed by atoms with Crippen LogP contribution in [0.3, 0.4) is 0 Å². The number of thiazole rings is 1. The number of aliphatic carboxylic acids is 1. The van der Waals surface area contributed by atoms with E-state index in [1.54, 1.807) is 11.3 Å². The number of carboxylic acids is 1. The lowest BCUT2D eigenvalue weighted by atomic mass is 9.79. The molecular weight excluding hydrogens is 348 g/mol. The van der Waals surface area contributed by atoms with Gasteiger partial charge in [-0.25, -0.2) is 4.98 Å². The van der Waals surface area contributed by atoms with Crippen molar-refractivity contribution in [2.75, 3.05) is 5.32 Å². The van der Waals surface area contributed by atoms with Gasteiger partial charge in [0.25, 0.3) is 0 Å². The van der Waals surface area contributed by atoms with Gasteiger partial charge in [0.05, 0.1) is 17.5 Å². The number of nitrogens with one attached hydrogen (secondary N) is 1. The van der Waals surface area contributed by atoms with Gasteiger partial charge >= 0.3 is 5.97 Å². The van der Waals surface area contributed by atoms with Crippen LogP contribution in [0, 0.1) is 29.6 Å². The Balaban J connectivity index is 1.58. The number of hydrogen-bond donors (Lipinski definition) is 2. The van der Waals surface area contributed by atoms with E-state index in [-0.39, 0.29) is 17.7 Å². The minimum absolute atomic E-state index is 0.0172. The molecule has 0 aliphatic heterocycles. The number of rotatable bonds is 3. The Morgan fingerprint density at radius 2 is 1.85 bits per heavy atom. The van der Waals surface area contributed by atoms with Gasteiger partial charge in [0, 0.05) is 4.88 Å². The van der Waals surface area contributed by atoms with Crippen molar-refractivity contribution in [1.82, 2.24) is 4.98 Å². The lowest BCUT2D eigenvalue weighted by Gasteiger charge is -2.25. The molecule has 5 atom stereocenters. The van der Waals surface area contributed by atoms with E-state index in [0.29, 0.717) is 11.0 Å². The van der Waals surface area contributed by atoms with Gasteiger partial charge in [-0.2, -0.15) is 0 Å². The molecule has 0 spiro atoms. The number of carboxylic acid groups (broad SMARTS) is 1. The number of amides is 1. The highest BCUT2D eigenvalue weighted by molar-refractivity contribution is 7.15. The Hall–Kier alpha value is -1.69. The van der Waals surface area contributed by atoms with E-state index in [0.717, 1.165) is 37.8 Å². The normalized spacial score (nSPS) is 32.4. The van der Waals surface area contributed by atoms with Crippen molar-refractivity contribution in [2.24, 2.45) is 29.6 Å². The van der Waals surface area contributed by atoms with Crippen LogP contribution >= 0.6 is 11.3 Å². The molecule has 0 radical (unpaired) electrons. The second-order valence-electron chi connectivity index (χ2n) is 8.36. The predicted molar refractivity (Wildman–Crippen MR) is 101 cm³/mol. The highest BCUT2D eigenvalue weighted by Gasteiger charge is 2.57. The van der Waals surface area contributed by atoms with Crippen LogP contribution in [0.15, 0.2) is 11.1 Å². The Morgan fingerprint density at radius 1 is 1.15 bits per heavy atom. The van der Waals surface area contributed by atoms with Crippen LogP contribution in [-0.2, 0) is 22.4 Å². The van der Waals surface area contributed by atoms with Crippen molar-refractivity contribution in [1.29, 1.82) is 0 Å². The van der Waals surface area contributed by atoms with Crippen molar-refractivity contribution >= 4 is 28.3 Å². The van der Waals surface area contributed by atoms with Crippen molar-refractivity contribution in [3.8, 4) is 0 Å². The van der Waals surface area contributed by atoms with E-state index < -0.39 is 17.8 Å². The van der Waals surface area contributed by atoms with Crippen molar-refractivity contribution < 1.29 is 14.7 Å². The van der Waals surface area contributed by atoms with Gasteiger partial charge in [-0.05, 0) is 63.7 Å². The van der Waals surface area contributed by atoms with Gasteiger partial charge in [0.1, 0.15) is 0 Å². The molecule has 6 heteroatoms. The SMILES string of the molecule is CC(C)=C1C2CCC1C(C(=O)Nc1nc3c(s1)CC(C)CC3)C2C(=O)O. The smallest absolute Gasteiger partial charge is 0.307 e. The number of carbonyl (C=O) groups is 2. The molecule has 0 saturated heterocycles. The molecule has 140 valence electrons. The maximum Gasteiger partial charge on any atom is 0.307 e. The molecule has 3 aliphatic rings. The van der Waals surface area contributed by atoms with E-state index in [1.807, 2.05) is 13.8 Å². The minimum atomic E-state index is -0.844. The summed E-state index contributed by atoms with van der Waals surface area (Å²) in [5, 5.41) is 13.4. The third-order valence-corrected chi connectivity index (χ3v) is 7.46. The quantitative estimate of drug-likeness (QED) is 0.787. The number of fused-ring (bicyclic) bond motifs is 3. The van der Waals surface area contributed by atoms with Gasteiger partial charge in [-0.15, -0.1) is 11.3 Å². The monoisotopic (exact) mass is 374 g/mol. The molecule has 1 amide bonds. The maximum absolute atomic E-state index is 13.0. The minimum Gasteiger partial charge on any atom is -0.481 e. The number of aromatic nitrogens is 1. The van der Waals surface area contributed by atoms with E-state index in [2.05, 4.69) is 17.2 Å². The number of aryl methyl sites for hydroxylation is 1. The standard InChI is InChI=1S/C20H26N2O3S/c1-9(2)15-11-5-6-12(15)17(19(24)25)16(11)18(23)22-20-21-13-7-4-10(3)8-14(13)26-20/h10-12,16-17H,4-8H2,1-3H3,(H,24,25)(H,21,22,23). The lowest BCUT2D eigenvalue weighted by Crippen LogP contribution is -2.37. The van der Waals surface area contributed by atoms with Crippen molar-refractivity contribution in [3.63, 3.8) is 0 Å². The molecule has 1 aromatic heterocycles. The number of allylic oxidation sites excluding steroid dienone is 2. The van der Waals surface area contributed by atoms with Gasteiger partial charge in [-0.1, -0.05) is 18.1 Å². The third-order valence-electron chi connectivity index (χ3n) is 6.42. The zero-order chi connectivity index (χ0) is 18.6. The molecule has 5 nitrogen and oxygen atoms in total. The predicted octanol–water partition coefficient (Wildman–Crippen LogP) is 3.90. The summed E-state index contributed by atoms with van der Waals surface area (Å²) in [7, 11) is 0. The van der Waals surface area contributed by atoms with E-state index in [1.165, 1.54) is 16.0 Å². The van der Waals surface area contributed by atoms with E-state index >= 15 is 0 Å².